The summed E-state index contributed by atoms with van der Waals surface area (Å²) in [6, 6.07) is 8.22. The number of rotatable bonds is 7. The van der Waals surface area contributed by atoms with E-state index in [4.69, 9.17) is 5.73 Å². The predicted octanol–water partition coefficient (Wildman–Crippen LogP) is 4.10. The number of unbranched alkanes of at least 4 members (excludes halogenated alkanes) is 2. The largest absolute Gasteiger partial charge is 0.399 e. The summed E-state index contributed by atoms with van der Waals surface area (Å²) in [6.07, 6.45) is 5.01. The first-order valence-electron chi connectivity index (χ1n) is 6.38. The maximum absolute atomic E-state index is 5.71. The van der Waals surface area contributed by atoms with Gasteiger partial charge in [-0.3, -0.25) is 0 Å². The first-order valence-corrected chi connectivity index (χ1v) is 6.38. The van der Waals surface area contributed by atoms with Gasteiger partial charge in [-0.15, -0.1) is 12.4 Å². The number of anilines is 2. The van der Waals surface area contributed by atoms with Crippen molar-refractivity contribution in [3.63, 3.8) is 0 Å². The maximum atomic E-state index is 5.71. The molecule has 0 aliphatic rings. The summed E-state index contributed by atoms with van der Waals surface area (Å²) in [6.45, 7) is 6.78. The summed E-state index contributed by atoms with van der Waals surface area (Å²) in [5.74, 6) is 0. The molecule has 0 fully saturated rings. The van der Waals surface area contributed by atoms with Crippen molar-refractivity contribution < 1.29 is 0 Å². The summed E-state index contributed by atoms with van der Waals surface area (Å²) < 4.78 is 0. The molecule has 0 bridgehead atoms. The standard InChI is InChI=1S/C14H24N2.ClH/c1-3-5-11-16(12-6-4-2)14-9-7-13(15)8-10-14;/h7-10H,3-6,11-12,15H2,1-2H3;1H. The molecule has 0 aliphatic heterocycles. The van der Waals surface area contributed by atoms with Crippen LogP contribution < -0.4 is 10.6 Å². The molecule has 2 N–H and O–H groups in total. The highest BCUT2D eigenvalue weighted by Gasteiger charge is 2.04. The Morgan fingerprint density at radius 1 is 0.941 bits per heavy atom. The van der Waals surface area contributed by atoms with Crippen molar-refractivity contribution in [2.75, 3.05) is 23.7 Å². The Morgan fingerprint density at radius 3 is 1.82 bits per heavy atom. The Labute approximate surface area is 112 Å². The highest BCUT2D eigenvalue weighted by atomic mass is 35.5. The van der Waals surface area contributed by atoms with Gasteiger partial charge >= 0.3 is 0 Å². The third kappa shape index (κ3) is 5.83. The van der Waals surface area contributed by atoms with Crippen LogP contribution in [-0.4, -0.2) is 13.1 Å². The van der Waals surface area contributed by atoms with Crippen molar-refractivity contribution in [3.05, 3.63) is 24.3 Å². The van der Waals surface area contributed by atoms with Gasteiger partial charge < -0.3 is 10.6 Å². The fraction of sp³-hybridized carbons (Fsp3) is 0.571. The Balaban J connectivity index is 0.00000256. The highest BCUT2D eigenvalue weighted by molar-refractivity contribution is 5.85. The van der Waals surface area contributed by atoms with Crippen LogP contribution in [0, 0.1) is 0 Å². The second kappa shape index (κ2) is 9.17. The smallest absolute Gasteiger partial charge is 0.0367 e. The number of nitrogens with two attached hydrogens (primary N) is 1. The van der Waals surface area contributed by atoms with Gasteiger partial charge in [-0.05, 0) is 37.1 Å². The van der Waals surface area contributed by atoms with Gasteiger partial charge in [0.1, 0.15) is 0 Å². The molecule has 0 atom stereocenters. The van der Waals surface area contributed by atoms with Gasteiger partial charge in [0.15, 0.2) is 0 Å². The number of benzene rings is 1. The summed E-state index contributed by atoms with van der Waals surface area (Å²) in [5, 5.41) is 0. The zero-order chi connectivity index (χ0) is 11.8. The van der Waals surface area contributed by atoms with E-state index in [1.165, 1.54) is 31.4 Å². The van der Waals surface area contributed by atoms with Gasteiger partial charge in [-0.25, -0.2) is 0 Å². The molecule has 0 spiro atoms. The minimum atomic E-state index is 0. The second-order valence-electron chi connectivity index (χ2n) is 4.29. The summed E-state index contributed by atoms with van der Waals surface area (Å²) in [5.41, 5.74) is 7.85. The van der Waals surface area contributed by atoms with Crippen LogP contribution in [0.4, 0.5) is 11.4 Å². The molecular formula is C14H25ClN2. The Bertz CT molecular complexity index is 277. The summed E-state index contributed by atoms with van der Waals surface area (Å²) in [7, 11) is 0. The first-order chi connectivity index (χ1) is 7.77. The SMILES string of the molecule is CCCCN(CCCC)c1ccc(N)cc1.Cl. The zero-order valence-corrected chi connectivity index (χ0v) is 11.8. The zero-order valence-electron chi connectivity index (χ0n) is 11.0. The molecule has 0 aliphatic carbocycles. The van der Waals surface area contributed by atoms with Gasteiger partial charge in [-0.2, -0.15) is 0 Å². The minimum absolute atomic E-state index is 0. The quantitative estimate of drug-likeness (QED) is 0.745. The van der Waals surface area contributed by atoms with E-state index in [1.54, 1.807) is 0 Å². The second-order valence-corrected chi connectivity index (χ2v) is 4.29. The van der Waals surface area contributed by atoms with E-state index in [0.29, 0.717) is 0 Å². The summed E-state index contributed by atoms with van der Waals surface area (Å²) >= 11 is 0. The molecule has 0 saturated heterocycles. The van der Waals surface area contributed by atoms with E-state index in [0.717, 1.165) is 18.8 Å². The third-order valence-electron chi connectivity index (χ3n) is 2.82. The molecule has 17 heavy (non-hydrogen) atoms. The van der Waals surface area contributed by atoms with Crippen LogP contribution in [0.3, 0.4) is 0 Å². The molecule has 0 heterocycles. The van der Waals surface area contributed by atoms with Crippen molar-refractivity contribution in [1.29, 1.82) is 0 Å². The average Bonchev–Trinajstić information content (AvgIpc) is 2.31. The van der Waals surface area contributed by atoms with Crippen LogP contribution in [-0.2, 0) is 0 Å². The van der Waals surface area contributed by atoms with Crippen molar-refractivity contribution in [3.8, 4) is 0 Å². The van der Waals surface area contributed by atoms with E-state index >= 15 is 0 Å². The number of hydrogen-bond donors (Lipinski definition) is 1. The lowest BCUT2D eigenvalue weighted by molar-refractivity contribution is 0.678. The molecule has 0 aromatic heterocycles. The number of halogens is 1. The van der Waals surface area contributed by atoms with Crippen LogP contribution in [0.5, 0.6) is 0 Å². The van der Waals surface area contributed by atoms with E-state index in [2.05, 4.69) is 30.9 Å². The highest BCUT2D eigenvalue weighted by Crippen LogP contribution is 2.17. The van der Waals surface area contributed by atoms with E-state index in [-0.39, 0.29) is 12.4 Å². The minimum Gasteiger partial charge on any atom is -0.399 e. The van der Waals surface area contributed by atoms with Crippen LogP contribution in [0.15, 0.2) is 24.3 Å². The van der Waals surface area contributed by atoms with Crippen LogP contribution in [0.25, 0.3) is 0 Å². The molecule has 0 unspecified atom stereocenters. The fourth-order valence-corrected chi connectivity index (χ4v) is 1.75. The van der Waals surface area contributed by atoms with Gasteiger partial charge in [0.05, 0.1) is 0 Å². The Morgan fingerprint density at radius 2 is 1.41 bits per heavy atom. The summed E-state index contributed by atoms with van der Waals surface area (Å²) in [4.78, 5) is 2.46. The lowest BCUT2D eigenvalue weighted by Crippen LogP contribution is -2.25. The lowest BCUT2D eigenvalue weighted by Gasteiger charge is -2.24. The average molecular weight is 257 g/mol. The predicted molar refractivity (Wildman–Crippen MR) is 80.1 cm³/mol. The monoisotopic (exact) mass is 256 g/mol. The molecule has 2 nitrogen and oxygen atoms in total. The topological polar surface area (TPSA) is 29.3 Å². The Hall–Kier alpha value is -0.890. The van der Waals surface area contributed by atoms with Crippen LogP contribution in [0.2, 0.25) is 0 Å². The molecule has 0 radical (unpaired) electrons. The molecule has 1 rings (SSSR count). The lowest BCUT2D eigenvalue weighted by atomic mass is 10.2. The number of nitrogen functional groups attached to an aromatic ring is 1. The van der Waals surface area contributed by atoms with Gasteiger partial charge in [0.2, 0.25) is 0 Å². The van der Waals surface area contributed by atoms with Gasteiger partial charge in [-0.1, -0.05) is 26.7 Å². The molecule has 1 aromatic carbocycles. The Kier molecular flexibility index (Phi) is 8.69. The van der Waals surface area contributed by atoms with E-state index in [9.17, 15) is 0 Å². The molecule has 98 valence electrons. The maximum Gasteiger partial charge on any atom is 0.0367 e. The van der Waals surface area contributed by atoms with Crippen molar-refractivity contribution in [2.45, 2.75) is 39.5 Å². The molecular weight excluding hydrogens is 232 g/mol. The number of nitrogens with zero attached hydrogens (tertiary/aromatic N) is 1. The van der Waals surface area contributed by atoms with Crippen molar-refractivity contribution in [2.24, 2.45) is 0 Å². The van der Waals surface area contributed by atoms with E-state index in [1.807, 2.05) is 12.1 Å². The number of hydrogen-bond acceptors (Lipinski definition) is 2. The molecule has 0 amide bonds. The molecule has 3 heteroatoms. The van der Waals surface area contributed by atoms with Crippen LogP contribution in [0.1, 0.15) is 39.5 Å². The van der Waals surface area contributed by atoms with Gasteiger partial charge in [0.25, 0.3) is 0 Å². The fourth-order valence-electron chi connectivity index (χ4n) is 1.75. The van der Waals surface area contributed by atoms with Gasteiger partial charge in [0, 0.05) is 24.5 Å². The normalized spacial score (nSPS) is 9.76. The van der Waals surface area contributed by atoms with Crippen LogP contribution >= 0.6 is 12.4 Å². The first kappa shape index (κ1) is 16.1. The molecule has 0 saturated carbocycles. The molecule has 1 aromatic rings. The van der Waals surface area contributed by atoms with E-state index < -0.39 is 0 Å². The third-order valence-corrected chi connectivity index (χ3v) is 2.82. The van der Waals surface area contributed by atoms with Crippen molar-refractivity contribution >= 4 is 23.8 Å². The van der Waals surface area contributed by atoms with Crippen molar-refractivity contribution in [1.82, 2.24) is 0 Å².